The third kappa shape index (κ3) is 4.30. The fraction of sp³-hybridized carbons (Fsp3) is 0.923. The molecule has 0 aromatic rings. The third-order valence-electron chi connectivity index (χ3n) is 3.70. The molecular weight excluding hydrogens is 254 g/mol. The second kappa shape index (κ2) is 6.50. The first kappa shape index (κ1) is 16.1. The number of likely N-dealkylation sites (tertiary alicyclic amines) is 1. The molecular formula is C13H24F2N2O2. The van der Waals surface area contributed by atoms with Crippen molar-refractivity contribution in [2.45, 2.75) is 51.8 Å². The summed E-state index contributed by atoms with van der Waals surface area (Å²) in [6, 6.07) is -0.749. The lowest BCUT2D eigenvalue weighted by Crippen LogP contribution is -2.56. The van der Waals surface area contributed by atoms with E-state index in [1.165, 1.54) is 0 Å². The van der Waals surface area contributed by atoms with E-state index in [9.17, 15) is 13.6 Å². The van der Waals surface area contributed by atoms with E-state index in [1.54, 1.807) is 0 Å². The number of rotatable bonds is 4. The zero-order valence-corrected chi connectivity index (χ0v) is 11.9. The van der Waals surface area contributed by atoms with E-state index in [0.717, 1.165) is 0 Å². The molecule has 112 valence electrons. The number of piperidine rings is 1. The van der Waals surface area contributed by atoms with Crippen LogP contribution in [0, 0.1) is 5.41 Å². The Labute approximate surface area is 113 Å². The van der Waals surface area contributed by atoms with Gasteiger partial charge < -0.3 is 10.5 Å². The van der Waals surface area contributed by atoms with E-state index in [0.29, 0.717) is 19.4 Å². The molecule has 1 saturated heterocycles. The van der Waals surface area contributed by atoms with Gasteiger partial charge >= 0.3 is 6.09 Å². The van der Waals surface area contributed by atoms with Crippen LogP contribution in [-0.4, -0.2) is 49.1 Å². The molecule has 1 rings (SSSR count). The molecule has 0 spiro atoms. The molecule has 0 bridgehead atoms. The van der Waals surface area contributed by atoms with Crippen molar-refractivity contribution in [2.75, 3.05) is 19.9 Å². The Kier molecular flexibility index (Phi) is 5.52. The number of nitrogens with zero attached hydrogens (tertiary/aromatic N) is 1. The fourth-order valence-electron chi connectivity index (χ4n) is 2.73. The van der Waals surface area contributed by atoms with Crippen LogP contribution in [0.1, 0.15) is 33.6 Å². The molecule has 6 heteroatoms. The monoisotopic (exact) mass is 278 g/mol. The van der Waals surface area contributed by atoms with Crippen molar-refractivity contribution in [3.63, 3.8) is 0 Å². The zero-order valence-electron chi connectivity index (χ0n) is 11.9. The number of nitrogens with two attached hydrogens (primary N) is 1. The molecule has 2 unspecified atom stereocenters. The summed E-state index contributed by atoms with van der Waals surface area (Å²) in [4.78, 5) is 12.7. The molecule has 0 aromatic heterocycles. The number of hydrogen-bond donors (Lipinski definition) is 1. The van der Waals surface area contributed by atoms with Gasteiger partial charge in [-0.2, -0.15) is 0 Å². The maximum Gasteiger partial charge on any atom is 0.404 e. The Morgan fingerprint density at radius 1 is 1.42 bits per heavy atom. The predicted octanol–water partition coefficient (Wildman–Crippen LogP) is 2.27. The van der Waals surface area contributed by atoms with Gasteiger partial charge in [-0.15, -0.1) is 0 Å². The minimum Gasteiger partial charge on any atom is -0.446 e. The minimum absolute atomic E-state index is 0.0397. The number of alkyl halides is 2. The first-order valence-electron chi connectivity index (χ1n) is 6.63. The molecule has 1 aliphatic rings. The van der Waals surface area contributed by atoms with Crippen molar-refractivity contribution >= 4 is 6.09 Å². The first-order chi connectivity index (χ1) is 8.79. The molecule has 0 aliphatic carbocycles. The number of ether oxygens (including phenoxy) is 1. The molecule has 2 atom stereocenters. The number of primary amides is 1. The quantitative estimate of drug-likeness (QED) is 0.858. The van der Waals surface area contributed by atoms with Crippen molar-refractivity contribution in [1.29, 1.82) is 0 Å². The summed E-state index contributed by atoms with van der Waals surface area (Å²) in [5.41, 5.74) is 4.88. The normalized spacial score (nSPS) is 25.6. The number of carbonyl (C=O) groups is 1. The highest BCUT2D eigenvalue weighted by molar-refractivity contribution is 5.64. The zero-order chi connectivity index (χ0) is 14.6. The predicted molar refractivity (Wildman–Crippen MR) is 69.4 cm³/mol. The van der Waals surface area contributed by atoms with Gasteiger partial charge in [-0.1, -0.05) is 20.8 Å². The highest BCUT2D eigenvalue weighted by atomic mass is 19.1. The highest BCUT2D eigenvalue weighted by Gasteiger charge is 2.40. The van der Waals surface area contributed by atoms with E-state index in [4.69, 9.17) is 10.5 Å². The first-order valence-corrected chi connectivity index (χ1v) is 6.63. The van der Waals surface area contributed by atoms with Crippen LogP contribution in [0.25, 0.3) is 0 Å². The van der Waals surface area contributed by atoms with Crippen LogP contribution in [0.3, 0.4) is 0 Å². The third-order valence-corrected chi connectivity index (χ3v) is 3.70. The van der Waals surface area contributed by atoms with Gasteiger partial charge in [0.25, 0.3) is 0 Å². The number of carbonyl (C=O) groups excluding carboxylic acids is 1. The SMILES string of the molecule is CC(C)(C)C1CC(OC(N)=O)CCN1C(CF)CF. The average molecular weight is 278 g/mol. The van der Waals surface area contributed by atoms with Crippen LogP contribution in [0.2, 0.25) is 0 Å². The summed E-state index contributed by atoms with van der Waals surface area (Å²) in [6.45, 7) is 5.16. The lowest BCUT2D eigenvalue weighted by molar-refractivity contribution is -0.0399. The smallest absolute Gasteiger partial charge is 0.404 e. The molecule has 0 aromatic carbocycles. The van der Waals surface area contributed by atoms with Crippen molar-refractivity contribution in [3.05, 3.63) is 0 Å². The highest BCUT2D eigenvalue weighted by Crippen LogP contribution is 2.34. The summed E-state index contributed by atoms with van der Waals surface area (Å²) in [6.07, 6.45) is 0.0612. The van der Waals surface area contributed by atoms with Gasteiger partial charge in [-0.25, -0.2) is 13.6 Å². The van der Waals surface area contributed by atoms with Gasteiger partial charge in [-0.3, -0.25) is 4.90 Å². The Balaban J connectivity index is 2.81. The maximum atomic E-state index is 12.9. The Morgan fingerprint density at radius 2 is 2.00 bits per heavy atom. The standard InChI is InChI=1S/C13H24F2N2O2/c1-13(2,3)11-6-10(19-12(16)18)4-5-17(11)9(7-14)8-15/h9-11H,4-8H2,1-3H3,(H2,16,18). The van der Waals surface area contributed by atoms with E-state index in [2.05, 4.69) is 0 Å². The van der Waals surface area contributed by atoms with Crippen LogP contribution in [0.4, 0.5) is 13.6 Å². The number of hydrogen-bond acceptors (Lipinski definition) is 3. The number of amides is 1. The van der Waals surface area contributed by atoms with Crippen LogP contribution in [-0.2, 0) is 4.74 Å². The van der Waals surface area contributed by atoms with Gasteiger partial charge in [0.2, 0.25) is 0 Å². The lowest BCUT2D eigenvalue weighted by Gasteiger charge is -2.47. The van der Waals surface area contributed by atoms with E-state index in [-0.39, 0.29) is 17.6 Å². The summed E-state index contributed by atoms with van der Waals surface area (Å²) in [7, 11) is 0. The summed E-state index contributed by atoms with van der Waals surface area (Å²) < 4.78 is 30.9. The molecule has 2 N–H and O–H groups in total. The summed E-state index contributed by atoms with van der Waals surface area (Å²) in [5, 5.41) is 0. The number of halogens is 2. The fourth-order valence-corrected chi connectivity index (χ4v) is 2.73. The molecule has 0 radical (unpaired) electrons. The minimum atomic E-state index is -0.793. The molecule has 1 amide bonds. The molecule has 0 saturated carbocycles. The second-order valence-corrected chi connectivity index (χ2v) is 6.17. The van der Waals surface area contributed by atoms with Crippen LogP contribution in [0.15, 0.2) is 0 Å². The molecule has 4 nitrogen and oxygen atoms in total. The van der Waals surface area contributed by atoms with E-state index in [1.807, 2.05) is 25.7 Å². The van der Waals surface area contributed by atoms with Gasteiger partial charge in [0.05, 0.1) is 6.04 Å². The van der Waals surface area contributed by atoms with Gasteiger partial charge in [-0.05, 0) is 11.8 Å². The maximum absolute atomic E-state index is 12.9. The lowest BCUT2D eigenvalue weighted by atomic mass is 9.79. The summed E-state index contributed by atoms with van der Waals surface area (Å²) >= 11 is 0. The molecule has 1 aliphatic heterocycles. The van der Waals surface area contributed by atoms with Gasteiger partial charge in [0, 0.05) is 19.0 Å². The second-order valence-electron chi connectivity index (χ2n) is 6.17. The van der Waals surface area contributed by atoms with Crippen molar-refractivity contribution in [3.8, 4) is 0 Å². The van der Waals surface area contributed by atoms with E-state index >= 15 is 0 Å². The Bertz CT molecular complexity index is 304. The van der Waals surface area contributed by atoms with Gasteiger partial charge in [0.15, 0.2) is 0 Å². The molecule has 1 heterocycles. The largest absolute Gasteiger partial charge is 0.446 e. The average Bonchev–Trinajstić information content (AvgIpc) is 2.30. The molecule has 1 fully saturated rings. The topological polar surface area (TPSA) is 55.6 Å². The summed E-state index contributed by atoms with van der Waals surface area (Å²) in [5.74, 6) is 0. The Hall–Kier alpha value is -0.910. The molecule has 19 heavy (non-hydrogen) atoms. The Morgan fingerprint density at radius 3 is 2.42 bits per heavy atom. The van der Waals surface area contributed by atoms with Crippen LogP contribution >= 0.6 is 0 Å². The van der Waals surface area contributed by atoms with E-state index < -0.39 is 25.5 Å². The van der Waals surface area contributed by atoms with Crippen LogP contribution in [0.5, 0.6) is 0 Å². The van der Waals surface area contributed by atoms with Crippen molar-refractivity contribution in [2.24, 2.45) is 11.1 Å². The van der Waals surface area contributed by atoms with Crippen molar-refractivity contribution < 1.29 is 18.3 Å². The van der Waals surface area contributed by atoms with Crippen molar-refractivity contribution in [1.82, 2.24) is 4.90 Å². The van der Waals surface area contributed by atoms with Gasteiger partial charge in [0.1, 0.15) is 19.5 Å². The van der Waals surface area contributed by atoms with Crippen LogP contribution < -0.4 is 5.73 Å².